The van der Waals surface area contributed by atoms with Gasteiger partial charge in [-0.15, -0.1) is 0 Å². The van der Waals surface area contributed by atoms with Crippen LogP contribution in [0.5, 0.6) is 0 Å². The molecule has 1 radical (unpaired) electrons. The van der Waals surface area contributed by atoms with Gasteiger partial charge in [-0.25, -0.2) is 0 Å². The van der Waals surface area contributed by atoms with Gasteiger partial charge in [-0.05, 0) is 0 Å². The molecule has 0 aromatic heterocycles. The molecule has 0 aromatic rings. The maximum atomic E-state index is 0. The Morgan fingerprint density at radius 2 is 1.00 bits per heavy atom. The minimum absolute atomic E-state index is 0. The van der Waals surface area contributed by atoms with Crippen LogP contribution >= 0.6 is 0 Å². The Labute approximate surface area is 99.6 Å². The van der Waals surface area contributed by atoms with Crippen molar-refractivity contribution < 1.29 is 36.5 Å². The van der Waals surface area contributed by atoms with E-state index < -0.39 is 0 Å². The van der Waals surface area contributed by atoms with Crippen LogP contribution in [-0.2, 0) is 36.5 Å². The van der Waals surface area contributed by atoms with Gasteiger partial charge in [0, 0.05) is 36.5 Å². The van der Waals surface area contributed by atoms with Gasteiger partial charge in [0.25, 0.3) is 0 Å². The van der Waals surface area contributed by atoms with Crippen molar-refractivity contribution in [3.63, 3.8) is 0 Å². The number of hydrogen-bond donors (Lipinski definition) is 0. The maximum absolute atomic E-state index is 0. The van der Waals surface area contributed by atoms with Gasteiger partial charge in [0.05, 0.1) is 0 Å². The molecule has 0 atom stereocenters. The summed E-state index contributed by atoms with van der Waals surface area (Å²) in [6.07, 6.45) is 0. The van der Waals surface area contributed by atoms with Crippen LogP contribution in [0.4, 0.5) is 0 Å². The number of rotatable bonds is 0. The Balaban J connectivity index is 0. The Morgan fingerprint density at radius 3 is 1.00 bits per heavy atom. The second kappa shape index (κ2) is 26.8. The minimum Gasteiger partial charge on any atom is 0 e. The van der Waals surface area contributed by atoms with Crippen molar-refractivity contribution in [2.75, 3.05) is 0 Å². The molecular weight excluding hydrogens is 293 g/mol. The zero-order valence-electron chi connectivity index (χ0n) is 1.79. The van der Waals surface area contributed by atoms with Crippen molar-refractivity contribution in [1.29, 1.82) is 0 Å². The molecule has 0 heterocycles. The molecule has 0 nitrogen and oxygen atoms in total. The van der Waals surface area contributed by atoms with Crippen molar-refractivity contribution in [1.82, 2.24) is 0 Å². The fourth-order valence-corrected chi connectivity index (χ4v) is 0. The van der Waals surface area contributed by atoms with E-state index in [1.165, 1.54) is 0 Å². The maximum Gasteiger partial charge on any atom is 0 e. The van der Waals surface area contributed by atoms with E-state index in [0.29, 0.717) is 0 Å². The second-order valence-electron chi connectivity index (χ2n) is 0. The summed E-state index contributed by atoms with van der Waals surface area (Å²) >= 11 is 0. The molecule has 27 valence electrons. The fourth-order valence-electron chi connectivity index (χ4n) is 0. The van der Waals surface area contributed by atoms with E-state index in [1.54, 1.807) is 0 Å². The van der Waals surface area contributed by atoms with E-state index in [2.05, 4.69) is 0 Å². The SMILES string of the molecule is [AlH3].[MgH2].[Mn].[SbH3].[Zn]. The van der Waals surface area contributed by atoms with Crippen LogP contribution in [0.3, 0.4) is 0 Å². The van der Waals surface area contributed by atoms with Crippen LogP contribution < -0.4 is 0 Å². The van der Waals surface area contributed by atoms with Gasteiger partial charge in [-0.3, -0.25) is 0 Å². The summed E-state index contributed by atoms with van der Waals surface area (Å²) in [6, 6.07) is 0. The molecule has 0 aliphatic rings. The molecular formula is H8AlMgMnSbZn. The molecule has 5 heteroatoms. The van der Waals surface area contributed by atoms with Crippen molar-refractivity contribution >= 4 is 64.8 Å². The Bertz CT molecular complexity index is 11.6. The van der Waals surface area contributed by atoms with Crippen molar-refractivity contribution in [3.05, 3.63) is 0 Å². The van der Waals surface area contributed by atoms with Gasteiger partial charge in [-0.1, -0.05) is 0 Å². The van der Waals surface area contributed by atoms with Crippen molar-refractivity contribution in [2.45, 2.75) is 0 Å². The van der Waals surface area contributed by atoms with E-state index in [1.807, 2.05) is 0 Å². The molecule has 0 aromatic carbocycles. The zero-order valence-corrected chi connectivity index (χ0v) is 9.98. The third-order valence-corrected chi connectivity index (χ3v) is 0. The first-order valence-corrected chi connectivity index (χ1v) is 0. The van der Waals surface area contributed by atoms with Crippen molar-refractivity contribution in [2.24, 2.45) is 0 Å². The Morgan fingerprint density at radius 1 is 1.00 bits per heavy atom. The van der Waals surface area contributed by atoms with E-state index in [-0.39, 0.29) is 101 Å². The molecule has 0 spiro atoms. The van der Waals surface area contributed by atoms with Gasteiger partial charge in [0.1, 0.15) is 0 Å². The number of hydrogen-bond acceptors (Lipinski definition) is 0. The molecule has 0 aliphatic carbocycles. The van der Waals surface area contributed by atoms with E-state index in [9.17, 15) is 0 Å². The second-order valence-corrected chi connectivity index (χ2v) is 0. The van der Waals surface area contributed by atoms with E-state index in [4.69, 9.17) is 0 Å². The topological polar surface area (TPSA) is 0 Å². The third kappa shape index (κ3) is 18.9. The monoisotopic (exact) mass is 299 g/mol. The summed E-state index contributed by atoms with van der Waals surface area (Å²) in [5.74, 6) is 0. The molecule has 0 bridgehead atoms. The van der Waals surface area contributed by atoms with Crippen LogP contribution in [0.25, 0.3) is 0 Å². The average molecular weight is 301 g/mol. The third-order valence-electron chi connectivity index (χ3n) is 0. The Kier molecular flexibility index (Phi) is 219. The summed E-state index contributed by atoms with van der Waals surface area (Å²) in [5.41, 5.74) is 0. The smallest absolute Gasteiger partial charge is 0 e. The predicted molar refractivity (Wildman–Crippen MR) is 28.4 cm³/mol. The minimum atomic E-state index is 0. The van der Waals surface area contributed by atoms with Crippen LogP contribution in [0.2, 0.25) is 0 Å². The van der Waals surface area contributed by atoms with E-state index in [0.717, 1.165) is 0 Å². The quantitative estimate of drug-likeness (QED) is 0.412. The molecule has 0 rings (SSSR count). The van der Waals surface area contributed by atoms with Crippen molar-refractivity contribution in [3.8, 4) is 0 Å². The van der Waals surface area contributed by atoms with Crippen LogP contribution in [0, 0.1) is 0 Å². The fraction of sp³-hybridized carbons (Fsp3) is 0. The molecule has 0 unspecified atom stereocenters. The average Bonchev–Trinajstić information content (AvgIpc) is 0. The normalized spacial score (nSPS) is 0. The first kappa shape index (κ1) is 41.0. The summed E-state index contributed by atoms with van der Waals surface area (Å²) in [6.45, 7) is 0. The summed E-state index contributed by atoms with van der Waals surface area (Å²) < 4.78 is 0. The predicted octanol–water partition coefficient (Wildman–Crippen LogP) is -3.29. The molecule has 0 saturated carbocycles. The van der Waals surface area contributed by atoms with Crippen LogP contribution in [0.1, 0.15) is 0 Å². The van der Waals surface area contributed by atoms with Gasteiger partial charge in [-0.2, -0.15) is 0 Å². The Hall–Kier alpha value is 3.26. The van der Waals surface area contributed by atoms with Gasteiger partial charge < -0.3 is 0 Å². The first-order valence-electron chi connectivity index (χ1n) is 0. The van der Waals surface area contributed by atoms with Crippen LogP contribution in [0.15, 0.2) is 0 Å². The van der Waals surface area contributed by atoms with Gasteiger partial charge >= 0.3 is 47.5 Å². The molecule has 0 fully saturated rings. The van der Waals surface area contributed by atoms with Gasteiger partial charge in [0.2, 0.25) is 0 Å². The molecule has 5 heavy (non-hydrogen) atoms. The largest absolute Gasteiger partial charge is 0 e. The zero-order chi connectivity index (χ0) is 0. The van der Waals surface area contributed by atoms with Crippen LogP contribution in [-0.4, -0.2) is 64.8 Å². The first-order chi connectivity index (χ1) is 0. The van der Waals surface area contributed by atoms with E-state index >= 15 is 0 Å². The summed E-state index contributed by atoms with van der Waals surface area (Å²) in [7, 11) is 0. The summed E-state index contributed by atoms with van der Waals surface area (Å²) in [4.78, 5) is 0. The molecule has 0 N–H and O–H groups in total. The standard InChI is InChI=1S/Al.Mg.Mn.Sb.Zn.8H. The summed E-state index contributed by atoms with van der Waals surface area (Å²) in [5, 5.41) is 0. The molecule has 0 saturated heterocycles. The van der Waals surface area contributed by atoms with Gasteiger partial charge in [0.15, 0.2) is 17.4 Å². The molecule has 0 aliphatic heterocycles. The molecule has 0 amide bonds.